The molecule has 1 atom stereocenters. The molecule has 5 heteroatoms. The van der Waals surface area contributed by atoms with E-state index in [9.17, 15) is 0 Å². The highest BCUT2D eigenvalue weighted by molar-refractivity contribution is 5.85. The van der Waals surface area contributed by atoms with Crippen molar-refractivity contribution in [2.24, 2.45) is 5.73 Å². The third kappa shape index (κ3) is 4.04. The smallest absolute Gasteiger partial charge is 0.203 e. The summed E-state index contributed by atoms with van der Waals surface area (Å²) in [4.78, 5) is 0. The Morgan fingerprint density at radius 1 is 1.16 bits per heavy atom. The zero-order valence-electron chi connectivity index (χ0n) is 11.6. The maximum atomic E-state index is 6.15. The molecule has 0 heterocycles. The first-order chi connectivity index (χ1) is 8.69. The first kappa shape index (κ1) is 17.6. The minimum absolute atomic E-state index is 0. The van der Waals surface area contributed by atoms with Crippen LogP contribution in [0.4, 0.5) is 0 Å². The van der Waals surface area contributed by atoms with Gasteiger partial charge in [0.15, 0.2) is 11.5 Å². The van der Waals surface area contributed by atoms with Crippen molar-refractivity contribution < 1.29 is 14.2 Å². The highest BCUT2D eigenvalue weighted by Crippen LogP contribution is 2.42. The van der Waals surface area contributed by atoms with Gasteiger partial charge in [0, 0.05) is 11.6 Å². The summed E-state index contributed by atoms with van der Waals surface area (Å²) < 4.78 is 16.0. The van der Waals surface area contributed by atoms with Crippen LogP contribution >= 0.6 is 12.4 Å². The molecule has 0 bridgehead atoms. The fourth-order valence-electron chi connectivity index (χ4n) is 1.87. The van der Waals surface area contributed by atoms with Crippen LogP contribution in [0.15, 0.2) is 24.8 Å². The molecule has 0 aliphatic heterocycles. The molecule has 1 rings (SSSR count). The Labute approximate surface area is 120 Å². The van der Waals surface area contributed by atoms with Crippen LogP contribution in [0.5, 0.6) is 17.2 Å². The topological polar surface area (TPSA) is 53.7 Å². The first-order valence-corrected chi connectivity index (χ1v) is 5.84. The molecule has 0 fully saturated rings. The van der Waals surface area contributed by atoms with E-state index in [0.717, 1.165) is 18.4 Å². The number of methoxy groups -OCH3 is 3. The Morgan fingerprint density at radius 2 is 1.79 bits per heavy atom. The number of rotatable bonds is 7. The normalized spacial score (nSPS) is 11.2. The summed E-state index contributed by atoms with van der Waals surface area (Å²) in [5.74, 6) is 1.84. The summed E-state index contributed by atoms with van der Waals surface area (Å²) in [5.41, 5.74) is 7.06. The molecule has 0 spiro atoms. The van der Waals surface area contributed by atoms with E-state index in [1.54, 1.807) is 21.3 Å². The monoisotopic (exact) mass is 287 g/mol. The van der Waals surface area contributed by atoms with Gasteiger partial charge in [-0.3, -0.25) is 0 Å². The maximum Gasteiger partial charge on any atom is 0.203 e. The second kappa shape index (κ2) is 8.67. The van der Waals surface area contributed by atoms with Crippen LogP contribution in [0.2, 0.25) is 0 Å². The van der Waals surface area contributed by atoms with E-state index in [-0.39, 0.29) is 18.4 Å². The lowest BCUT2D eigenvalue weighted by Crippen LogP contribution is -2.12. The van der Waals surface area contributed by atoms with E-state index in [2.05, 4.69) is 6.58 Å². The van der Waals surface area contributed by atoms with Crippen LogP contribution in [0, 0.1) is 0 Å². The lowest BCUT2D eigenvalue weighted by Gasteiger charge is -2.19. The van der Waals surface area contributed by atoms with Crippen LogP contribution in [0.3, 0.4) is 0 Å². The first-order valence-electron chi connectivity index (χ1n) is 5.84. The predicted molar refractivity (Wildman–Crippen MR) is 79.7 cm³/mol. The van der Waals surface area contributed by atoms with Crippen molar-refractivity contribution in [3.63, 3.8) is 0 Å². The average Bonchev–Trinajstić information content (AvgIpc) is 2.42. The third-order valence-corrected chi connectivity index (χ3v) is 2.82. The Bertz CT molecular complexity index is 410. The van der Waals surface area contributed by atoms with Gasteiger partial charge in [-0.1, -0.05) is 6.08 Å². The molecule has 0 amide bonds. The predicted octanol–water partition coefficient (Wildman–Crippen LogP) is 3.10. The van der Waals surface area contributed by atoms with E-state index in [1.165, 1.54) is 0 Å². The quantitative estimate of drug-likeness (QED) is 0.783. The van der Waals surface area contributed by atoms with Gasteiger partial charge < -0.3 is 19.9 Å². The number of hydrogen-bond donors (Lipinski definition) is 1. The summed E-state index contributed by atoms with van der Waals surface area (Å²) in [6.07, 6.45) is 3.53. The molecule has 0 radical (unpaired) electrons. The molecule has 0 aromatic heterocycles. The van der Waals surface area contributed by atoms with Gasteiger partial charge in [0.25, 0.3) is 0 Å². The molecular formula is C14H22ClNO3. The van der Waals surface area contributed by atoms with Crippen LogP contribution in [0.1, 0.15) is 24.4 Å². The molecule has 0 saturated carbocycles. The van der Waals surface area contributed by atoms with Gasteiger partial charge >= 0.3 is 0 Å². The third-order valence-electron chi connectivity index (χ3n) is 2.82. The fourth-order valence-corrected chi connectivity index (χ4v) is 1.87. The van der Waals surface area contributed by atoms with Crippen molar-refractivity contribution in [3.05, 3.63) is 30.4 Å². The van der Waals surface area contributed by atoms with Gasteiger partial charge in [-0.25, -0.2) is 0 Å². The average molecular weight is 288 g/mol. The summed E-state index contributed by atoms with van der Waals surface area (Å²) in [7, 11) is 4.77. The standard InChI is InChI=1S/C14H21NO3.ClH/c1-5-6-7-11(15)10-8-9-12(16-2)14(18-4)13(10)17-3;/h5,8-9,11H,1,6-7,15H2,2-4H3;1H/t11-;/m1./s1. The van der Waals surface area contributed by atoms with Crippen molar-refractivity contribution in [1.82, 2.24) is 0 Å². The Morgan fingerprint density at radius 3 is 2.26 bits per heavy atom. The number of halogens is 1. The summed E-state index contributed by atoms with van der Waals surface area (Å²) in [6.45, 7) is 3.70. The molecule has 19 heavy (non-hydrogen) atoms. The minimum Gasteiger partial charge on any atom is -0.493 e. The summed E-state index contributed by atoms with van der Waals surface area (Å²) >= 11 is 0. The van der Waals surface area contributed by atoms with E-state index in [0.29, 0.717) is 17.2 Å². The van der Waals surface area contributed by atoms with Crippen molar-refractivity contribution >= 4 is 12.4 Å². The van der Waals surface area contributed by atoms with E-state index < -0.39 is 0 Å². The molecule has 1 aromatic carbocycles. The minimum atomic E-state index is -0.113. The Balaban J connectivity index is 0.00000324. The van der Waals surface area contributed by atoms with Crippen molar-refractivity contribution in [2.75, 3.05) is 21.3 Å². The molecule has 0 aliphatic rings. The number of allylic oxidation sites excluding steroid dienone is 1. The van der Waals surface area contributed by atoms with Gasteiger partial charge in [-0.05, 0) is 25.0 Å². The molecule has 2 N–H and O–H groups in total. The molecular weight excluding hydrogens is 266 g/mol. The lowest BCUT2D eigenvalue weighted by atomic mass is 10.0. The molecule has 4 nitrogen and oxygen atoms in total. The maximum absolute atomic E-state index is 6.15. The fraction of sp³-hybridized carbons (Fsp3) is 0.429. The van der Waals surface area contributed by atoms with E-state index >= 15 is 0 Å². The molecule has 1 aromatic rings. The largest absolute Gasteiger partial charge is 0.493 e. The number of nitrogens with two attached hydrogens (primary N) is 1. The highest BCUT2D eigenvalue weighted by atomic mass is 35.5. The van der Waals surface area contributed by atoms with Crippen LogP contribution in [0.25, 0.3) is 0 Å². The second-order valence-electron chi connectivity index (χ2n) is 3.90. The zero-order chi connectivity index (χ0) is 13.5. The molecule has 0 unspecified atom stereocenters. The summed E-state index contributed by atoms with van der Waals surface area (Å²) in [5, 5.41) is 0. The lowest BCUT2D eigenvalue weighted by molar-refractivity contribution is 0.320. The Kier molecular flexibility index (Phi) is 8.03. The molecule has 0 aliphatic carbocycles. The van der Waals surface area contributed by atoms with Crippen molar-refractivity contribution in [3.8, 4) is 17.2 Å². The molecule has 108 valence electrons. The van der Waals surface area contributed by atoms with Crippen molar-refractivity contribution in [2.45, 2.75) is 18.9 Å². The second-order valence-corrected chi connectivity index (χ2v) is 3.90. The van der Waals surface area contributed by atoms with Crippen LogP contribution < -0.4 is 19.9 Å². The van der Waals surface area contributed by atoms with E-state index in [4.69, 9.17) is 19.9 Å². The number of ether oxygens (including phenoxy) is 3. The van der Waals surface area contributed by atoms with Gasteiger partial charge in [0.05, 0.1) is 21.3 Å². The van der Waals surface area contributed by atoms with Crippen molar-refractivity contribution in [1.29, 1.82) is 0 Å². The van der Waals surface area contributed by atoms with Crippen LogP contribution in [-0.4, -0.2) is 21.3 Å². The molecule has 0 saturated heterocycles. The number of benzene rings is 1. The van der Waals surface area contributed by atoms with Gasteiger partial charge in [0.1, 0.15) is 0 Å². The van der Waals surface area contributed by atoms with E-state index in [1.807, 2.05) is 18.2 Å². The zero-order valence-corrected chi connectivity index (χ0v) is 12.5. The van der Waals surface area contributed by atoms with Gasteiger partial charge in [-0.2, -0.15) is 0 Å². The summed E-state index contributed by atoms with van der Waals surface area (Å²) in [6, 6.07) is 3.64. The van der Waals surface area contributed by atoms with Gasteiger partial charge in [0.2, 0.25) is 5.75 Å². The SMILES string of the molecule is C=CCC[C@@H](N)c1ccc(OC)c(OC)c1OC.Cl. The van der Waals surface area contributed by atoms with Gasteiger partial charge in [-0.15, -0.1) is 19.0 Å². The number of hydrogen-bond acceptors (Lipinski definition) is 4. The van der Waals surface area contributed by atoms with Crippen LogP contribution in [-0.2, 0) is 0 Å². The Hall–Kier alpha value is -1.39. The highest BCUT2D eigenvalue weighted by Gasteiger charge is 2.19.